The third-order valence-corrected chi connectivity index (χ3v) is 4.78. The van der Waals surface area contributed by atoms with Crippen LogP contribution in [0.4, 0.5) is 0 Å². The standard InChI is InChI=1S/C11H5Cl2IOS/c12-7-5-6(1-2-8(7)14)11(15)9-3-4-10(13)16-9/h1-5H. The van der Waals surface area contributed by atoms with Crippen LogP contribution in [0.3, 0.4) is 0 Å². The molecule has 2 rings (SSSR count). The molecular formula is C11H5Cl2IOS. The highest BCUT2D eigenvalue weighted by Gasteiger charge is 2.12. The molecule has 2 aromatic rings. The molecule has 0 saturated heterocycles. The number of carbonyl (C=O) groups is 1. The Kier molecular flexibility index (Phi) is 3.89. The molecule has 0 unspecified atom stereocenters. The van der Waals surface area contributed by atoms with Gasteiger partial charge in [-0.2, -0.15) is 0 Å². The largest absolute Gasteiger partial charge is 0.288 e. The van der Waals surface area contributed by atoms with Crippen LogP contribution in [0.15, 0.2) is 30.3 Å². The minimum Gasteiger partial charge on any atom is -0.288 e. The second kappa shape index (κ2) is 5.04. The van der Waals surface area contributed by atoms with Gasteiger partial charge in [-0.25, -0.2) is 0 Å². The SMILES string of the molecule is O=C(c1ccc(I)c(Cl)c1)c1ccc(Cl)s1. The van der Waals surface area contributed by atoms with Gasteiger partial charge in [0.25, 0.3) is 0 Å². The molecule has 0 amide bonds. The summed E-state index contributed by atoms with van der Waals surface area (Å²) < 4.78 is 1.54. The van der Waals surface area contributed by atoms with E-state index in [0.717, 1.165) is 3.57 Å². The molecule has 0 aliphatic carbocycles. The van der Waals surface area contributed by atoms with Crippen LogP contribution in [0.5, 0.6) is 0 Å². The van der Waals surface area contributed by atoms with Gasteiger partial charge >= 0.3 is 0 Å². The predicted molar refractivity (Wildman–Crippen MR) is 76.9 cm³/mol. The number of halogens is 3. The zero-order chi connectivity index (χ0) is 11.7. The second-order valence-electron chi connectivity index (χ2n) is 3.06. The molecule has 5 heteroatoms. The maximum atomic E-state index is 12.0. The Hall–Kier alpha value is -0.100. The molecule has 0 fully saturated rings. The number of thiophene rings is 1. The zero-order valence-electron chi connectivity index (χ0n) is 7.84. The Morgan fingerprint density at radius 3 is 2.50 bits per heavy atom. The van der Waals surface area contributed by atoms with Gasteiger partial charge in [-0.15, -0.1) is 11.3 Å². The number of hydrogen-bond donors (Lipinski definition) is 0. The van der Waals surface area contributed by atoms with E-state index in [4.69, 9.17) is 23.2 Å². The topological polar surface area (TPSA) is 17.1 Å². The summed E-state index contributed by atoms with van der Waals surface area (Å²) in [5.74, 6) is -0.0461. The Bertz CT molecular complexity index is 551. The molecule has 0 radical (unpaired) electrons. The Morgan fingerprint density at radius 2 is 1.94 bits per heavy atom. The lowest BCUT2D eigenvalue weighted by Gasteiger charge is -2.00. The second-order valence-corrected chi connectivity index (χ2v) is 6.35. The first kappa shape index (κ1) is 12.4. The van der Waals surface area contributed by atoms with Crippen molar-refractivity contribution in [1.82, 2.24) is 0 Å². The summed E-state index contributed by atoms with van der Waals surface area (Å²) in [4.78, 5) is 12.6. The van der Waals surface area contributed by atoms with Crippen molar-refractivity contribution in [3.63, 3.8) is 0 Å². The van der Waals surface area contributed by atoms with Crippen molar-refractivity contribution >= 4 is 62.9 Å². The highest BCUT2D eigenvalue weighted by molar-refractivity contribution is 14.1. The molecule has 1 heterocycles. The summed E-state index contributed by atoms with van der Waals surface area (Å²) in [5, 5.41) is 0.592. The van der Waals surface area contributed by atoms with Gasteiger partial charge < -0.3 is 0 Å². The molecule has 0 N–H and O–H groups in total. The fraction of sp³-hybridized carbons (Fsp3) is 0. The summed E-state index contributed by atoms with van der Waals surface area (Å²) in [7, 11) is 0. The minimum absolute atomic E-state index is 0.0461. The maximum Gasteiger partial charge on any atom is 0.203 e. The molecule has 0 bridgehead atoms. The third-order valence-electron chi connectivity index (χ3n) is 1.98. The van der Waals surface area contributed by atoms with Crippen LogP contribution in [-0.4, -0.2) is 5.78 Å². The average Bonchev–Trinajstić information content (AvgIpc) is 2.68. The van der Waals surface area contributed by atoms with Crippen LogP contribution < -0.4 is 0 Å². The molecule has 1 nitrogen and oxygen atoms in total. The summed E-state index contributed by atoms with van der Waals surface area (Å²) in [6.07, 6.45) is 0. The van der Waals surface area contributed by atoms with Crippen LogP contribution in [0, 0.1) is 3.57 Å². The number of carbonyl (C=O) groups excluding carboxylic acids is 1. The molecular weight excluding hydrogens is 378 g/mol. The van der Waals surface area contributed by atoms with Gasteiger partial charge in [0.1, 0.15) is 0 Å². The van der Waals surface area contributed by atoms with Crippen molar-refractivity contribution in [3.05, 3.63) is 53.7 Å². The maximum absolute atomic E-state index is 12.0. The van der Waals surface area contributed by atoms with Gasteiger partial charge in [-0.3, -0.25) is 4.79 Å². The molecule has 1 aromatic carbocycles. The highest BCUT2D eigenvalue weighted by atomic mass is 127. The normalized spacial score (nSPS) is 10.4. The first-order valence-corrected chi connectivity index (χ1v) is 6.98. The molecule has 82 valence electrons. The van der Waals surface area contributed by atoms with Crippen molar-refractivity contribution in [2.24, 2.45) is 0 Å². The van der Waals surface area contributed by atoms with Crippen molar-refractivity contribution in [3.8, 4) is 0 Å². The van der Waals surface area contributed by atoms with Crippen LogP contribution in [0.2, 0.25) is 9.36 Å². The van der Waals surface area contributed by atoms with E-state index in [1.807, 2.05) is 6.07 Å². The molecule has 1 aromatic heterocycles. The summed E-state index contributed by atoms with van der Waals surface area (Å²) >= 11 is 15.1. The smallest absolute Gasteiger partial charge is 0.203 e. The summed E-state index contributed by atoms with van der Waals surface area (Å²) in [6.45, 7) is 0. The van der Waals surface area contributed by atoms with Crippen LogP contribution in [-0.2, 0) is 0 Å². The van der Waals surface area contributed by atoms with E-state index in [9.17, 15) is 4.79 Å². The van der Waals surface area contributed by atoms with Gasteiger partial charge in [-0.1, -0.05) is 23.2 Å². The number of ketones is 1. The fourth-order valence-electron chi connectivity index (χ4n) is 1.22. The van der Waals surface area contributed by atoms with Crippen molar-refractivity contribution in [2.75, 3.05) is 0 Å². The number of benzene rings is 1. The third kappa shape index (κ3) is 2.59. The van der Waals surface area contributed by atoms with E-state index in [-0.39, 0.29) is 5.78 Å². The van der Waals surface area contributed by atoms with E-state index in [1.165, 1.54) is 11.3 Å². The average molecular weight is 383 g/mol. The zero-order valence-corrected chi connectivity index (χ0v) is 12.3. The quantitative estimate of drug-likeness (QED) is 0.533. The molecule has 0 atom stereocenters. The van der Waals surface area contributed by atoms with E-state index >= 15 is 0 Å². The lowest BCUT2D eigenvalue weighted by atomic mass is 10.1. The van der Waals surface area contributed by atoms with Crippen LogP contribution >= 0.6 is 57.1 Å². The lowest BCUT2D eigenvalue weighted by molar-refractivity contribution is 0.104. The number of hydrogen-bond acceptors (Lipinski definition) is 2. The van der Waals surface area contributed by atoms with E-state index in [0.29, 0.717) is 19.8 Å². The van der Waals surface area contributed by atoms with E-state index in [1.54, 1.807) is 24.3 Å². The highest BCUT2D eigenvalue weighted by Crippen LogP contribution is 2.26. The summed E-state index contributed by atoms with van der Waals surface area (Å²) in [5.41, 5.74) is 0.587. The van der Waals surface area contributed by atoms with Gasteiger partial charge in [0.15, 0.2) is 0 Å². The van der Waals surface area contributed by atoms with E-state index < -0.39 is 0 Å². The van der Waals surface area contributed by atoms with Crippen LogP contribution in [0.1, 0.15) is 15.2 Å². The van der Waals surface area contributed by atoms with Gasteiger partial charge in [0, 0.05) is 9.13 Å². The van der Waals surface area contributed by atoms with Gasteiger partial charge in [-0.05, 0) is 52.9 Å². The van der Waals surface area contributed by atoms with Crippen molar-refractivity contribution in [1.29, 1.82) is 0 Å². The molecule has 0 aliphatic heterocycles. The van der Waals surface area contributed by atoms with Gasteiger partial charge in [0.2, 0.25) is 5.78 Å². The monoisotopic (exact) mass is 382 g/mol. The van der Waals surface area contributed by atoms with Crippen LogP contribution in [0.25, 0.3) is 0 Å². The molecule has 0 saturated carbocycles. The number of rotatable bonds is 2. The van der Waals surface area contributed by atoms with Gasteiger partial charge in [0.05, 0.1) is 14.2 Å². The Labute approximate surface area is 121 Å². The first-order chi connectivity index (χ1) is 7.58. The molecule has 0 spiro atoms. The molecule has 0 aliphatic rings. The minimum atomic E-state index is -0.0461. The predicted octanol–water partition coefficient (Wildman–Crippen LogP) is 4.89. The van der Waals surface area contributed by atoms with Crippen molar-refractivity contribution < 1.29 is 4.79 Å². The lowest BCUT2D eigenvalue weighted by Crippen LogP contribution is -1.98. The fourth-order valence-corrected chi connectivity index (χ4v) is 2.74. The Balaban J connectivity index is 2.38. The summed E-state index contributed by atoms with van der Waals surface area (Å²) in [6, 6.07) is 8.71. The molecule has 16 heavy (non-hydrogen) atoms. The van der Waals surface area contributed by atoms with Crippen molar-refractivity contribution in [2.45, 2.75) is 0 Å². The Morgan fingerprint density at radius 1 is 1.19 bits per heavy atom. The van der Waals surface area contributed by atoms with E-state index in [2.05, 4.69) is 22.6 Å². The first-order valence-electron chi connectivity index (χ1n) is 4.33.